The third-order valence-corrected chi connectivity index (χ3v) is 3.07. The van der Waals surface area contributed by atoms with Crippen LogP contribution in [0.25, 0.3) is 0 Å². The average molecular weight is 212 g/mol. The van der Waals surface area contributed by atoms with E-state index in [9.17, 15) is 9.59 Å². The standard InChI is InChI=1S/C12H20O3/c1-3-4-5-11(15-2)12(14)9-6-7-10(13)8-9/h9,11H,3-8H2,1-2H3. The Morgan fingerprint density at radius 3 is 2.80 bits per heavy atom. The second-order valence-corrected chi connectivity index (χ2v) is 4.25. The largest absolute Gasteiger partial charge is 0.374 e. The predicted molar refractivity (Wildman–Crippen MR) is 57.7 cm³/mol. The molecule has 3 heteroatoms. The van der Waals surface area contributed by atoms with Crippen molar-refractivity contribution in [3.05, 3.63) is 0 Å². The van der Waals surface area contributed by atoms with E-state index in [0.717, 1.165) is 25.7 Å². The zero-order chi connectivity index (χ0) is 11.3. The number of hydrogen-bond donors (Lipinski definition) is 0. The van der Waals surface area contributed by atoms with Gasteiger partial charge in [0, 0.05) is 25.9 Å². The summed E-state index contributed by atoms with van der Waals surface area (Å²) in [5, 5.41) is 0. The lowest BCUT2D eigenvalue weighted by Crippen LogP contribution is -2.28. The molecule has 0 N–H and O–H groups in total. The van der Waals surface area contributed by atoms with Crippen molar-refractivity contribution in [1.82, 2.24) is 0 Å². The van der Waals surface area contributed by atoms with E-state index < -0.39 is 0 Å². The molecule has 0 bridgehead atoms. The number of ketones is 2. The summed E-state index contributed by atoms with van der Waals surface area (Å²) in [5.41, 5.74) is 0. The van der Waals surface area contributed by atoms with Crippen LogP contribution in [-0.2, 0) is 14.3 Å². The SMILES string of the molecule is CCCCC(OC)C(=O)C1CCC(=O)C1. The van der Waals surface area contributed by atoms with Crippen LogP contribution in [0.2, 0.25) is 0 Å². The third kappa shape index (κ3) is 3.42. The van der Waals surface area contributed by atoms with E-state index in [4.69, 9.17) is 4.74 Å². The van der Waals surface area contributed by atoms with Gasteiger partial charge in [0.2, 0.25) is 0 Å². The van der Waals surface area contributed by atoms with Gasteiger partial charge in [0.25, 0.3) is 0 Å². The minimum atomic E-state index is -0.291. The monoisotopic (exact) mass is 212 g/mol. The van der Waals surface area contributed by atoms with Gasteiger partial charge in [0.15, 0.2) is 5.78 Å². The molecule has 1 aliphatic rings. The van der Waals surface area contributed by atoms with Gasteiger partial charge in [-0.3, -0.25) is 9.59 Å². The molecule has 1 aliphatic carbocycles. The first-order valence-electron chi connectivity index (χ1n) is 5.77. The van der Waals surface area contributed by atoms with E-state index in [1.54, 1.807) is 7.11 Å². The van der Waals surface area contributed by atoms with Gasteiger partial charge in [0.05, 0.1) is 0 Å². The van der Waals surface area contributed by atoms with Gasteiger partial charge in [-0.1, -0.05) is 19.8 Å². The molecule has 15 heavy (non-hydrogen) atoms. The second kappa shape index (κ2) is 6.01. The second-order valence-electron chi connectivity index (χ2n) is 4.25. The highest BCUT2D eigenvalue weighted by molar-refractivity contribution is 5.93. The van der Waals surface area contributed by atoms with Crippen molar-refractivity contribution < 1.29 is 14.3 Å². The summed E-state index contributed by atoms with van der Waals surface area (Å²) < 4.78 is 5.20. The van der Waals surface area contributed by atoms with E-state index >= 15 is 0 Å². The quantitative estimate of drug-likeness (QED) is 0.677. The Balaban J connectivity index is 2.45. The highest BCUT2D eigenvalue weighted by Crippen LogP contribution is 2.25. The van der Waals surface area contributed by atoms with Gasteiger partial charge >= 0.3 is 0 Å². The fraction of sp³-hybridized carbons (Fsp3) is 0.833. The Bertz CT molecular complexity index is 235. The van der Waals surface area contributed by atoms with Gasteiger partial charge in [-0.25, -0.2) is 0 Å². The lowest BCUT2D eigenvalue weighted by Gasteiger charge is -2.17. The summed E-state index contributed by atoms with van der Waals surface area (Å²) in [6.07, 6.45) is 4.30. The molecule has 0 saturated heterocycles. The van der Waals surface area contributed by atoms with E-state index in [0.29, 0.717) is 12.8 Å². The van der Waals surface area contributed by atoms with Crippen LogP contribution in [0.5, 0.6) is 0 Å². The first-order chi connectivity index (χ1) is 7.19. The van der Waals surface area contributed by atoms with Crippen molar-refractivity contribution in [1.29, 1.82) is 0 Å². The third-order valence-electron chi connectivity index (χ3n) is 3.07. The van der Waals surface area contributed by atoms with Crippen LogP contribution in [0.3, 0.4) is 0 Å². The van der Waals surface area contributed by atoms with E-state index in [-0.39, 0.29) is 23.6 Å². The van der Waals surface area contributed by atoms with Crippen molar-refractivity contribution in [2.24, 2.45) is 5.92 Å². The van der Waals surface area contributed by atoms with Crippen molar-refractivity contribution in [3.8, 4) is 0 Å². The average Bonchev–Trinajstić information content (AvgIpc) is 2.65. The molecule has 3 nitrogen and oxygen atoms in total. The molecule has 0 radical (unpaired) electrons. The van der Waals surface area contributed by atoms with Gasteiger partial charge < -0.3 is 4.74 Å². The maximum atomic E-state index is 12.0. The van der Waals surface area contributed by atoms with Gasteiger partial charge in [-0.15, -0.1) is 0 Å². The number of ether oxygens (including phenoxy) is 1. The van der Waals surface area contributed by atoms with Gasteiger partial charge in [-0.05, 0) is 12.8 Å². The number of Topliss-reactive ketones (excluding diaryl/α,β-unsaturated/α-hetero) is 2. The van der Waals surface area contributed by atoms with Gasteiger partial charge in [0.1, 0.15) is 11.9 Å². The molecule has 0 aromatic heterocycles. The summed E-state index contributed by atoms with van der Waals surface area (Å²) >= 11 is 0. The number of carbonyl (C=O) groups is 2. The Hall–Kier alpha value is -0.700. The Kier molecular flexibility index (Phi) is 4.95. The summed E-state index contributed by atoms with van der Waals surface area (Å²) in [6.45, 7) is 2.09. The van der Waals surface area contributed by atoms with Gasteiger partial charge in [-0.2, -0.15) is 0 Å². The summed E-state index contributed by atoms with van der Waals surface area (Å²) in [7, 11) is 1.58. The minimum absolute atomic E-state index is 0.0701. The molecule has 0 aromatic carbocycles. The molecule has 1 rings (SSSR count). The number of unbranched alkanes of at least 4 members (excludes halogenated alkanes) is 1. The smallest absolute Gasteiger partial charge is 0.165 e. The lowest BCUT2D eigenvalue weighted by molar-refractivity contribution is -0.134. The fourth-order valence-electron chi connectivity index (χ4n) is 2.09. The Morgan fingerprint density at radius 1 is 1.60 bits per heavy atom. The van der Waals surface area contributed by atoms with Crippen LogP contribution in [0.4, 0.5) is 0 Å². The first kappa shape index (κ1) is 12.4. The Labute approximate surface area is 91.2 Å². The molecule has 1 saturated carbocycles. The first-order valence-corrected chi connectivity index (χ1v) is 5.77. The summed E-state index contributed by atoms with van der Waals surface area (Å²) in [4.78, 5) is 23.0. The maximum Gasteiger partial charge on any atom is 0.165 e. The van der Waals surface area contributed by atoms with Crippen molar-refractivity contribution in [3.63, 3.8) is 0 Å². The zero-order valence-electron chi connectivity index (χ0n) is 9.62. The molecular formula is C12H20O3. The molecule has 0 heterocycles. The number of carbonyl (C=O) groups excluding carboxylic acids is 2. The molecular weight excluding hydrogens is 192 g/mol. The molecule has 0 aromatic rings. The molecule has 0 aliphatic heterocycles. The van der Waals surface area contributed by atoms with Crippen LogP contribution in [-0.4, -0.2) is 24.8 Å². The molecule has 2 atom stereocenters. The fourth-order valence-corrected chi connectivity index (χ4v) is 2.09. The van der Waals surface area contributed by atoms with Crippen LogP contribution in [0.1, 0.15) is 45.4 Å². The summed E-state index contributed by atoms with van der Waals surface area (Å²) in [5.74, 6) is 0.287. The maximum absolute atomic E-state index is 12.0. The molecule has 2 unspecified atom stereocenters. The zero-order valence-corrected chi connectivity index (χ0v) is 9.62. The highest BCUT2D eigenvalue weighted by atomic mass is 16.5. The number of hydrogen-bond acceptors (Lipinski definition) is 3. The number of rotatable bonds is 6. The lowest BCUT2D eigenvalue weighted by atomic mass is 9.95. The van der Waals surface area contributed by atoms with Crippen molar-refractivity contribution >= 4 is 11.6 Å². The van der Waals surface area contributed by atoms with Crippen LogP contribution >= 0.6 is 0 Å². The Morgan fingerprint density at radius 2 is 2.33 bits per heavy atom. The number of methoxy groups -OCH3 is 1. The van der Waals surface area contributed by atoms with E-state index in [1.165, 1.54) is 0 Å². The van der Waals surface area contributed by atoms with Crippen molar-refractivity contribution in [2.45, 2.75) is 51.6 Å². The van der Waals surface area contributed by atoms with E-state index in [2.05, 4.69) is 6.92 Å². The highest BCUT2D eigenvalue weighted by Gasteiger charge is 2.32. The molecule has 0 amide bonds. The van der Waals surface area contributed by atoms with Crippen LogP contribution in [0.15, 0.2) is 0 Å². The minimum Gasteiger partial charge on any atom is -0.374 e. The summed E-state index contributed by atoms with van der Waals surface area (Å²) in [6, 6.07) is 0. The van der Waals surface area contributed by atoms with Crippen LogP contribution in [0, 0.1) is 5.92 Å². The molecule has 86 valence electrons. The molecule has 1 fully saturated rings. The van der Waals surface area contributed by atoms with Crippen LogP contribution < -0.4 is 0 Å². The van der Waals surface area contributed by atoms with E-state index in [1.807, 2.05) is 0 Å². The topological polar surface area (TPSA) is 43.4 Å². The van der Waals surface area contributed by atoms with Crippen molar-refractivity contribution in [2.75, 3.05) is 7.11 Å². The molecule has 0 spiro atoms. The predicted octanol–water partition coefficient (Wildman–Crippen LogP) is 2.13. The normalized spacial score (nSPS) is 23.1.